The summed E-state index contributed by atoms with van der Waals surface area (Å²) in [7, 11) is 0. The highest BCUT2D eigenvalue weighted by Crippen LogP contribution is 2.22. The number of hydrogen-bond donors (Lipinski definition) is 2. The molecule has 0 unspecified atom stereocenters. The fourth-order valence-electron chi connectivity index (χ4n) is 2.51. The quantitative estimate of drug-likeness (QED) is 0.389. The number of thiophene rings is 1. The molecule has 0 amide bonds. The van der Waals surface area contributed by atoms with Crippen LogP contribution in [0.3, 0.4) is 0 Å². The van der Waals surface area contributed by atoms with Gasteiger partial charge in [-0.1, -0.05) is 48.5 Å². The third-order valence-corrected chi connectivity index (χ3v) is 4.72. The molecule has 0 aromatic carbocycles. The number of hydrazone groups is 1. The highest BCUT2D eigenvalue weighted by molar-refractivity contribution is 7.16. The average Bonchev–Trinajstić information content (AvgIpc) is 3.18. The third kappa shape index (κ3) is 9.22. The summed E-state index contributed by atoms with van der Waals surface area (Å²) in [5, 5.41) is 5.24. The zero-order valence-electron chi connectivity index (χ0n) is 18.6. The predicted octanol–water partition coefficient (Wildman–Crippen LogP) is 6.12. The Labute approximate surface area is 174 Å². The second-order valence-corrected chi connectivity index (χ2v) is 6.80. The van der Waals surface area contributed by atoms with E-state index in [-0.39, 0.29) is 5.56 Å². The van der Waals surface area contributed by atoms with Gasteiger partial charge >= 0.3 is 0 Å². The van der Waals surface area contributed by atoms with Crippen LogP contribution < -0.4 is 15.9 Å². The summed E-state index contributed by atoms with van der Waals surface area (Å²) in [5.41, 5.74) is 4.57. The number of pyridine rings is 1. The molecule has 6 heteroatoms. The van der Waals surface area contributed by atoms with Crippen molar-refractivity contribution in [3.8, 4) is 0 Å². The number of aryl methyl sites for hydroxylation is 1. The Morgan fingerprint density at radius 3 is 2.25 bits per heavy atom. The fraction of sp³-hybridized carbons (Fsp3) is 0.545. The van der Waals surface area contributed by atoms with E-state index in [0.717, 1.165) is 43.0 Å². The van der Waals surface area contributed by atoms with Crippen LogP contribution in [-0.2, 0) is 6.42 Å². The maximum atomic E-state index is 11.9. The maximum Gasteiger partial charge on any atom is 0.250 e. The Bertz CT molecular complexity index is 715. The van der Waals surface area contributed by atoms with Gasteiger partial charge in [0, 0.05) is 29.7 Å². The molecule has 2 N–H and O–H groups in total. The first-order valence-electron chi connectivity index (χ1n) is 10.5. The van der Waals surface area contributed by atoms with Gasteiger partial charge in [0.2, 0.25) is 5.56 Å². The molecule has 0 saturated heterocycles. The summed E-state index contributed by atoms with van der Waals surface area (Å²) in [6.45, 7) is 16.3. The van der Waals surface area contributed by atoms with Crippen LogP contribution in [0.25, 0.3) is 0 Å². The topological polar surface area (TPSA) is 60.5 Å². The van der Waals surface area contributed by atoms with E-state index >= 15 is 0 Å². The van der Waals surface area contributed by atoms with Gasteiger partial charge in [-0.05, 0) is 37.5 Å². The number of rotatable bonds is 9. The summed E-state index contributed by atoms with van der Waals surface area (Å²) >= 11 is 1.69. The van der Waals surface area contributed by atoms with Crippen molar-refractivity contribution in [3.63, 3.8) is 0 Å². The Morgan fingerprint density at radius 2 is 1.71 bits per heavy atom. The van der Waals surface area contributed by atoms with E-state index in [1.165, 1.54) is 4.88 Å². The van der Waals surface area contributed by atoms with E-state index in [0.29, 0.717) is 5.69 Å². The number of H-pyrrole nitrogens is 1. The van der Waals surface area contributed by atoms with Crippen LogP contribution in [0.5, 0.6) is 0 Å². The van der Waals surface area contributed by atoms with Crippen LogP contribution in [0.4, 0.5) is 10.7 Å². The molecule has 0 bridgehead atoms. The molecule has 2 aromatic heterocycles. The number of hydrogen-bond acceptors (Lipinski definition) is 5. The van der Waals surface area contributed by atoms with Crippen LogP contribution in [0.2, 0.25) is 0 Å². The van der Waals surface area contributed by atoms with Gasteiger partial charge in [-0.2, -0.15) is 5.10 Å². The number of aromatic amines is 1. The Kier molecular flexibility index (Phi) is 14.7. The maximum absolute atomic E-state index is 11.9. The molecule has 0 aliphatic carbocycles. The number of anilines is 2. The molecule has 2 aromatic rings. The average molecular weight is 407 g/mol. The zero-order chi connectivity index (χ0) is 21.4. The van der Waals surface area contributed by atoms with Gasteiger partial charge in [-0.25, -0.2) is 0 Å². The summed E-state index contributed by atoms with van der Waals surface area (Å²) in [6.07, 6.45) is 4.79. The lowest BCUT2D eigenvalue weighted by Crippen LogP contribution is -2.26. The molecule has 2 rings (SSSR count). The monoisotopic (exact) mass is 406 g/mol. The minimum absolute atomic E-state index is 0.101. The molecule has 0 saturated carbocycles. The van der Waals surface area contributed by atoms with Crippen molar-refractivity contribution in [3.05, 3.63) is 45.2 Å². The Hall–Kier alpha value is -2.08. The van der Waals surface area contributed by atoms with Crippen molar-refractivity contribution in [1.82, 2.24) is 4.98 Å². The summed E-state index contributed by atoms with van der Waals surface area (Å²) in [5.74, 6) is 0. The number of aromatic nitrogens is 1. The summed E-state index contributed by atoms with van der Waals surface area (Å²) in [4.78, 5) is 18.3. The lowest BCUT2D eigenvalue weighted by atomic mass is 10.2. The first-order chi connectivity index (χ1) is 13.7. The molecule has 0 aliphatic rings. The largest absolute Gasteiger partial charge is 0.371 e. The highest BCUT2D eigenvalue weighted by atomic mass is 32.1. The van der Waals surface area contributed by atoms with Crippen molar-refractivity contribution < 1.29 is 0 Å². The van der Waals surface area contributed by atoms with Crippen molar-refractivity contribution in [2.75, 3.05) is 23.4 Å². The van der Waals surface area contributed by atoms with Crippen LogP contribution in [0, 0.1) is 0 Å². The molecule has 158 valence electrons. The molecular weight excluding hydrogens is 368 g/mol. The fourth-order valence-corrected chi connectivity index (χ4v) is 3.30. The summed E-state index contributed by atoms with van der Waals surface area (Å²) in [6, 6.07) is 7.75. The van der Waals surface area contributed by atoms with E-state index in [4.69, 9.17) is 0 Å². The number of nitrogens with one attached hydrogen (secondary N) is 2. The zero-order valence-corrected chi connectivity index (χ0v) is 19.4. The third-order valence-electron chi connectivity index (χ3n) is 3.59. The number of nitrogens with zero attached hydrogens (tertiary/aromatic N) is 2. The molecule has 2 heterocycles. The molecule has 28 heavy (non-hydrogen) atoms. The lowest BCUT2D eigenvalue weighted by molar-refractivity contribution is 0.743. The minimum atomic E-state index is -0.101. The molecule has 0 fully saturated rings. The SMILES string of the molecule is CC.CC.CCCN(CCC)c1cc(/C=N/Nc2ccc(CC)s2)[nH]c(=O)c1. The van der Waals surface area contributed by atoms with Crippen molar-refractivity contribution in [1.29, 1.82) is 0 Å². The van der Waals surface area contributed by atoms with E-state index in [1.54, 1.807) is 23.6 Å². The van der Waals surface area contributed by atoms with Crippen LogP contribution in [0.1, 0.15) is 71.9 Å². The van der Waals surface area contributed by atoms with Gasteiger partial charge in [0.25, 0.3) is 0 Å². The van der Waals surface area contributed by atoms with Crippen LogP contribution in [0.15, 0.2) is 34.2 Å². The predicted molar refractivity (Wildman–Crippen MR) is 127 cm³/mol. The first kappa shape index (κ1) is 25.9. The standard InChI is InChI=1S/C18H26N4OS.2C2H6/c1-4-9-22(10-5-2)15-11-14(20-17(23)12-15)13-19-21-18-8-7-16(6-3)24-18;2*1-2/h7-8,11-13,21H,4-6,9-10H2,1-3H3,(H,20,23);2*1-2H3/b19-13+;;. The van der Waals surface area contributed by atoms with Crippen LogP contribution in [-0.4, -0.2) is 24.3 Å². The van der Waals surface area contributed by atoms with Crippen LogP contribution >= 0.6 is 11.3 Å². The van der Waals surface area contributed by atoms with Gasteiger partial charge in [-0.3, -0.25) is 10.2 Å². The molecule has 5 nitrogen and oxygen atoms in total. The van der Waals surface area contributed by atoms with E-state index in [1.807, 2.05) is 39.8 Å². The normalized spacial score (nSPS) is 9.96. The second kappa shape index (κ2) is 15.9. The van der Waals surface area contributed by atoms with Gasteiger partial charge in [-0.15, -0.1) is 11.3 Å². The van der Waals surface area contributed by atoms with E-state index in [9.17, 15) is 4.79 Å². The first-order valence-corrected chi connectivity index (χ1v) is 11.3. The lowest BCUT2D eigenvalue weighted by Gasteiger charge is -2.23. The van der Waals surface area contributed by atoms with Crippen molar-refractivity contribution in [2.45, 2.75) is 67.7 Å². The van der Waals surface area contributed by atoms with Gasteiger partial charge in [0.15, 0.2) is 0 Å². The second-order valence-electron chi connectivity index (χ2n) is 5.63. The minimum Gasteiger partial charge on any atom is -0.371 e. The molecule has 0 radical (unpaired) electrons. The highest BCUT2D eigenvalue weighted by Gasteiger charge is 2.06. The Balaban J connectivity index is 0.00000171. The van der Waals surface area contributed by atoms with Gasteiger partial charge < -0.3 is 9.88 Å². The molecule has 0 atom stereocenters. The van der Waals surface area contributed by atoms with Gasteiger partial charge in [0.1, 0.15) is 5.00 Å². The van der Waals surface area contributed by atoms with E-state index in [2.05, 4.69) is 47.2 Å². The van der Waals surface area contributed by atoms with Crippen molar-refractivity contribution in [2.24, 2.45) is 5.10 Å². The Morgan fingerprint density at radius 1 is 1.07 bits per heavy atom. The van der Waals surface area contributed by atoms with Crippen molar-refractivity contribution >= 4 is 28.2 Å². The van der Waals surface area contributed by atoms with Gasteiger partial charge in [0.05, 0.1) is 11.9 Å². The molecule has 0 aliphatic heterocycles. The molecule has 0 spiro atoms. The van der Waals surface area contributed by atoms with E-state index < -0.39 is 0 Å². The molecular formula is C22H38N4OS. The summed E-state index contributed by atoms with van der Waals surface area (Å²) < 4.78 is 0. The smallest absolute Gasteiger partial charge is 0.250 e.